The lowest BCUT2D eigenvalue weighted by atomic mass is 10.1. The number of carbonyl (C=O) groups is 1. The Morgan fingerprint density at radius 3 is 2.76 bits per heavy atom. The molecule has 1 aromatic carbocycles. The number of anilines is 1. The van der Waals surface area contributed by atoms with Crippen molar-refractivity contribution in [3.05, 3.63) is 47.2 Å². The Labute approximate surface area is 168 Å². The minimum absolute atomic E-state index is 0. The number of nitrogens with zero attached hydrogens (tertiary/aromatic N) is 2. The fraction of sp³-hybridized carbons (Fsp3) is 0.333. The van der Waals surface area contributed by atoms with Crippen molar-refractivity contribution in [1.82, 2.24) is 9.78 Å². The third-order valence-corrected chi connectivity index (χ3v) is 5.72. The first-order chi connectivity index (χ1) is 14.0. The second kappa shape index (κ2) is 6.10. The van der Waals surface area contributed by atoms with E-state index in [0.29, 0.717) is 41.5 Å². The Bertz CT molecular complexity index is 1110. The van der Waals surface area contributed by atoms with Gasteiger partial charge in [-0.15, -0.1) is 5.10 Å². The van der Waals surface area contributed by atoms with Crippen LogP contribution in [0.4, 0.5) is 15.0 Å². The summed E-state index contributed by atoms with van der Waals surface area (Å²) in [6, 6.07) is 3.72. The number of nitrogens with one attached hydrogen (secondary N) is 1. The molecule has 1 aromatic heterocycles. The zero-order valence-corrected chi connectivity index (χ0v) is 16.3. The van der Waals surface area contributed by atoms with Crippen LogP contribution < -0.4 is 14.8 Å². The van der Waals surface area contributed by atoms with Crippen LogP contribution in [0.2, 0.25) is 0 Å². The van der Waals surface area contributed by atoms with Crippen molar-refractivity contribution >= 4 is 11.9 Å². The largest absolute Gasteiger partial charge is 0.493 e. The van der Waals surface area contributed by atoms with E-state index in [1.54, 1.807) is 20.3 Å². The molecule has 0 spiro atoms. The van der Waals surface area contributed by atoms with Gasteiger partial charge < -0.3 is 19.5 Å². The summed E-state index contributed by atoms with van der Waals surface area (Å²) >= 11 is 0. The van der Waals surface area contributed by atoms with Gasteiger partial charge in [0.05, 0.1) is 27.0 Å². The number of aromatic nitrogens is 2. The van der Waals surface area contributed by atoms with Crippen LogP contribution in [-0.4, -0.2) is 42.9 Å². The molecular weight excluding hydrogens is 377 g/mol. The van der Waals surface area contributed by atoms with Gasteiger partial charge in [0, 0.05) is 30.6 Å². The van der Waals surface area contributed by atoms with Crippen LogP contribution in [0.25, 0.3) is 11.3 Å². The molecule has 0 amide bonds. The number of benzene rings is 1. The van der Waals surface area contributed by atoms with E-state index in [9.17, 15) is 9.18 Å². The van der Waals surface area contributed by atoms with E-state index in [0.717, 1.165) is 16.7 Å². The summed E-state index contributed by atoms with van der Waals surface area (Å²) in [7, 11) is 4.44. The monoisotopic (exact) mass is 399 g/mol. The normalized spacial score (nSPS) is 22.9. The van der Waals surface area contributed by atoms with Gasteiger partial charge in [-0.3, -0.25) is 0 Å². The zero-order chi connectivity index (χ0) is 20.3. The zero-order valence-electron chi connectivity index (χ0n) is 16.3. The minimum Gasteiger partial charge on any atom is -0.493 e. The Morgan fingerprint density at radius 1 is 1.31 bits per heavy atom. The Kier molecular flexibility index (Phi) is 3.74. The highest BCUT2D eigenvalue weighted by Crippen LogP contribution is 2.52. The SMILES string of the molecule is COC(=O)n1nc(NC2=CC3(F)CC3C=C2)c2c1-c1cc(OC)c(OC)cc1C2.[HH]. The van der Waals surface area contributed by atoms with Crippen molar-refractivity contribution in [3.63, 3.8) is 0 Å². The molecule has 29 heavy (non-hydrogen) atoms. The fourth-order valence-electron chi connectivity index (χ4n) is 4.10. The number of halogens is 1. The van der Waals surface area contributed by atoms with Gasteiger partial charge in [0.2, 0.25) is 0 Å². The van der Waals surface area contributed by atoms with Crippen LogP contribution in [0.15, 0.2) is 36.1 Å². The molecule has 2 unspecified atom stereocenters. The molecule has 3 aliphatic rings. The fourth-order valence-corrected chi connectivity index (χ4v) is 4.10. The number of rotatable bonds is 4. The van der Waals surface area contributed by atoms with E-state index in [-0.39, 0.29) is 7.34 Å². The van der Waals surface area contributed by atoms with E-state index < -0.39 is 11.8 Å². The maximum Gasteiger partial charge on any atom is 0.435 e. The van der Waals surface area contributed by atoms with Crippen molar-refractivity contribution in [2.24, 2.45) is 5.92 Å². The lowest BCUT2D eigenvalue weighted by molar-refractivity contribution is 0.170. The summed E-state index contributed by atoms with van der Waals surface area (Å²) in [6.45, 7) is 0. The number of allylic oxidation sites excluding steroid dienone is 3. The van der Waals surface area contributed by atoms with E-state index >= 15 is 0 Å². The summed E-state index contributed by atoms with van der Waals surface area (Å²) in [5.41, 5.74) is 2.63. The minimum atomic E-state index is -1.27. The van der Waals surface area contributed by atoms with E-state index in [1.807, 2.05) is 24.3 Å². The maximum absolute atomic E-state index is 14.4. The predicted octanol–water partition coefficient (Wildman–Crippen LogP) is 3.93. The Hall–Kier alpha value is -3.29. The summed E-state index contributed by atoms with van der Waals surface area (Å²) in [4.78, 5) is 12.4. The van der Waals surface area contributed by atoms with Gasteiger partial charge in [0.25, 0.3) is 0 Å². The first-order valence-electron chi connectivity index (χ1n) is 9.30. The number of fused-ring (bicyclic) bond motifs is 4. The average Bonchev–Trinajstić information content (AvgIpc) is 3.09. The molecule has 1 N–H and O–H groups in total. The van der Waals surface area contributed by atoms with Crippen molar-refractivity contribution in [1.29, 1.82) is 0 Å². The Balaban J connectivity index is 0.00000218. The number of hydrogen-bond acceptors (Lipinski definition) is 6. The lowest BCUT2D eigenvalue weighted by Crippen LogP contribution is -2.15. The van der Waals surface area contributed by atoms with Gasteiger partial charge in [0.15, 0.2) is 17.3 Å². The van der Waals surface area contributed by atoms with Crippen molar-refractivity contribution < 1.29 is 24.8 Å². The number of hydrogen-bond donors (Lipinski definition) is 1. The van der Waals surface area contributed by atoms with Crippen molar-refractivity contribution in [2.75, 3.05) is 26.6 Å². The first kappa shape index (κ1) is 17.8. The van der Waals surface area contributed by atoms with Gasteiger partial charge >= 0.3 is 6.09 Å². The van der Waals surface area contributed by atoms with Crippen LogP contribution in [0.1, 0.15) is 19.0 Å². The van der Waals surface area contributed by atoms with E-state index in [4.69, 9.17) is 14.2 Å². The molecule has 3 aliphatic carbocycles. The molecular formula is C21H22FN3O4. The third-order valence-electron chi connectivity index (χ3n) is 5.72. The number of alkyl halides is 1. The molecule has 2 atom stereocenters. The average molecular weight is 399 g/mol. The van der Waals surface area contributed by atoms with Crippen LogP contribution in [-0.2, 0) is 11.2 Å². The van der Waals surface area contributed by atoms with Crippen LogP contribution in [0.5, 0.6) is 11.5 Å². The van der Waals surface area contributed by atoms with Gasteiger partial charge in [-0.05, 0) is 36.3 Å². The Morgan fingerprint density at radius 2 is 2.07 bits per heavy atom. The molecule has 7 nitrogen and oxygen atoms in total. The second-order valence-electron chi connectivity index (χ2n) is 7.42. The highest BCUT2D eigenvalue weighted by atomic mass is 19.1. The van der Waals surface area contributed by atoms with Gasteiger partial charge in [0.1, 0.15) is 5.67 Å². The smallest absolute Gasteiger partial charge is 0.435 e. The lowest BCUT2D eigenvalue weighted by Gasteiger charge is -2.12. The molecule has 0 radical (unpaired) electrons. The molecule has 152 valence electrons. The quantitative estimate of drug-likeness (QED) is 0.717. The van der Waals surface area contributed by atoms with Crippen LogP contribution >= 0.6 is 0 Å². The van der Waals surface area contributed by atoms with E-state index in [2.05, 4.69) is 10.4 Å². The third kappa shape index (κ3) is 2.62. The summed E-state index contributed by atoms with van der Waals surface area (Å²) < 4.78 is 31.4. The molecule has 2 aromatic rings. The molecule has 1 fully saturated rings. The molecule has 5 rings (SSSR count). The topological polar surface area (TPSA) is 74.6 Å². The molecule has 0 bridgehead atoms. The first-order valence-corrected chi connectivity index (χ1v) is 9.30. The number of carbonyl (C=O) groups excluding carboxylic acids is 1. The molecule has 1 saturated carbocycles. The molecule has 0 saturated heterocycles. The number of ether oxygens (including phenoxy) is 3. The van der Waals surface area contributed by atoms with Gasteiger partial charge in [-0.25, -0.2) is 9.18 Å². The van der Waals surface area contributed by atoms with E-state index in [1.165, 1.54) is 11.8 Å². The standard InChI is InChI=1S/C21H20FN3O4.H2/c1-27-16-7-11-6-15-18(14(11)8-17(16)28-2)25(20(26)29-3)24-19(15)23-13-5-4-12-9-21(12,22)10-13;/h4-5,7-8,10,12H,6,9H2,1-3H3,(H,23,24);1H. The predicted molar refractivity (Wildman–Crippen MR) is 106 cm³/mol. The molecule has 0 aliphatic heterocycles. The van der Waals surface area contributed by atoms with Crippen LogP contribution in [0.3, 0.4) is 0 Å². The number of methoxy groups -OCH3 is 3. The van der Waals surface area contributed by atoms with Crippen molar-refractivity contribution in [3.8, 4) is 22.8 Å². The van der Waals surface area contributed by atoms with Gasteiger partial charge in [-0.1, -0.05) is 6.08 Å². The maximum atomic E-state index is 14.4. The summed E-state index contributed by atoms with van der Waals surface area (Å²) in [5, 5.41) is 7.60. The summed E-state index contributed by atoms with van der Waals surface area (Å²) in [6.07, 6.45) is 5.76. The highest BCUT2D eigenvalue weighted by Gasteiger charge is 2.53. The molecule has 1 heterocycles. The van der Waals surface area contributed by atoms with Crippen LogP contribution in [0, 0.1) is 5.92 Å². The molecule has 8 heteroatoms. The van der Waals surface area contributed by atoms with Gasteiger partial charge in [-0.2, -0.15) is 4.68 Å². The summed E-state index contributed by atoms with van der Waals surface area (Å²) in [5.74, 6) is 1.64. The highest BCUT2D eigenvalue weighted by molar-refractivity contribution is 5.87. The second-order valence-corrected chi connectivity index (χ2v) is 7.42. The van der Waals surface area contributed by atoms with Crippen molar-refractivity contribution in [2.45, 2.75) is 18.5 Å².